The van der Waals surface area contributed by atoms with E-state index < -0.39 is 5.82 Å². The van der Waals surface area contributed by atoms with Gasteiger partial charge in [0.2, 0.25) is 5.95 Å². The van der Waals surface area contributed by atoms with Gasteiger partial charge in [-0.1, -0.05) is 35.3 Å². The lowest BCUT2D eigenvalue weighted by Crippen LogP contribution is -2.03. The van der Waals surface area contributed by atoms with Gasteiger partial charge in [-0.15, -0.1) is 0 Å². The molecule has 0 saturated carbocycles. The minimum Gasteiger partial charge on any atom is -0.338 e. The average Bonchev–Trinajstić information content (AvgIpc) is 2.57. The molecule has 0 aliphatic carbocycles. The van der Waals surface area contributed by atoms with Crippen molar-refractivity contribution in [3.63, 3.8) is 0 Å². The van der Waals surface area contributed by atoms with Crippen LogP contribution >= 0.6 is 23.2 Å². The van der Waals surface area contributed by atoms with Crippen molar-refractivity contribution in [2.45, 2.75) is 13.8 Å². The number of halogens is 3. The summed E-state index contributed by atoms with van der Waals surface area (Å²) in [5, 5.41) is 7.13. The van der Waals surface area contributed by atoms with Crippen LogP contribution in [0.3, 0.4) is 0 Å². The van der Waals surface area contributed by atoms with Gasteiger partial charge in [0.05, 0.1) is 6.20 Å². The number of hydrogen-bond acceptors (Lipinski definition) is 4. The molecular weight excluding hydrogens is 362 g/mol. The Morgan fingerprint density at radius 2 is 1.44 bits per heavy atom. The molecule has 0 spiro atoms. The number of nitrogens with zero attached hydrogens (tertiary/aromatic N) is 2. The van der Waals surface area contributed by atoms with Crippen molar-refractivity contribution in [3.8, 4) is 0 Å². The summed E-state index contributed by atoms with van der Waals surface area (Å²) >= 11 is 12.2. The molecule has 1 heterocycles. The van der Waals surface area contributed by atoms with Crippen molar-refractivity contribution < 1.29 is 4.39 Å². The Morgan fingerprint density at radius 1 is 0.880 bits per heavy atom. The standard InChI is InChI=1S/C18H15Cl2FN4/c1-10-3-5-12(7-14(10)19)23-17-16(21)9-22-18(25-17)24-13-6-4-11(2)15(20)8-13/h3-9H,1-2H3,(H2,22,23,24,25). The van der Waals surface area contributed by atoms with Crippen LogP contribution in [0, 0.1) is 19.7 Å². The van der Waals surface area contributed by atoms with E-state index in [0.29, 0.717) is 21.4 Å². The molecule has 3 aromatic rings. The van der Waals surface area contributed by atoms with Gasteiger partial charge in [0.1, 0.15) is 0 Å². The van der Waals surface area contributed by atoms with Crippen LogP contribution in [0.1, 0.15) is 11.1 Å². The van der Waals surface area contributed by atoms with Crippen LogP contribution in [-0.4, -0.2) is 9.97 Å². The molecule has 2 N–H and O–H groups in total. The number of benzene rings is 2. The fourth-order valence-electron chi connectivity index (χ4n) is 2.12. The van der Waals surface area contributed by atoms with Crippen molar-refractivity contribution in [1.82, 2.24) is 9.97 Å². The Hall–Kier alpha value is -2.37. The maximum absolute atomic E-state index is 14.0. The Bertz CT molecular complexity index is 931. The number of hydrogen-bond donors (Lipinski definition) is 2. The zero-order valence-corrected chi connectivity index (χ0v) is 15.1. The summed E-state index contributed by atoms with van der Waals surface area (Å²) in [6.07, 6.45) is 1.10. The Balaban J connectivity index is 1.84. The fraction of sp³-hybridized carbons (Fsp3) is 0.111. The third-order valence-corrected chi connectivity index (χ3v) is 4.42. The van der Waals surface area contributed by atoms with E-state index in [1.165, 1.54) is 0 Å². The van der Waals surface area contributed by atoms with E-state index in [1.807, 2.05) is 32.0 Å². The summed E-state index contributed by atoms with van der Waals surface area (Å²) in [5.41, 5.74) is 3.25. The molecule has 0 atom stereocenters. The second kappa shape index (κ2) is 7.25. The van der Waals surface area contributed by atoms with Gasteiger partial charge in [-0.25, -0.2) is 9.37 Å². The summed E-state index contributed by atoms with van der Waals surface area (Å²) in [7, 11) is 0. The highest BCUT2D eigenvalue weighted by Gasteiger charge is 2.09. The molecule has 0 bridgehead atoms. The maximum Gasteiger partial charge on any atom is 0.229 e. The SMILES string of the molecule is Cc1ccc(Nc2ncc(F)c(Nc3ccc(C)c(Cl)c3)n2)cc1Cl. The predicted molar refractivity (Wildman–Crippen MR) is 101 cm³/mol. The Labute approximate surface area is 155 Å². The molecule has 128 valence electrons. The minimum atomic E-state index is -0.566. The molecule has 2 aromatic carbocycles. The first-order chi connectivity index (χ1) is 11.9. The summed E-state index contributed by atoms with van der Waals surface area (Å²) < 4.78 is 14.0. The van der Waals surface area contributed by atoms with Crippen molar-refractivity contribution in [2.75, 3.05) is 10.6 Å². The van der Waals surface area contributed by atoms with Crippen LogP contribution in [-0.2, 0) is 0 Å². The first-order valence-electron chi connectivity index (χ1n) is 7.51. The van der Waals surface area contributed by atoms with Gasteiger partial charge in [-0.2, -0.15) is 4.98 Å². The van der Waals surface area contributed by atoms with E-state index in [9.17, 15) is 4.39 Å². The summed E-state index contributed by atoms with van der Waals surface area (Å²) in [5.74, 6) is -0.262. The zero-order valence-electron chi connectivity index (χ0n) is 13.6. The number of rotatable bonds is 4. The van der Waals surface area contributed by atoms with E-state index in [2.05, 4.69) is 20.6 Å². The average molecular weight is 377 g/mol. The van der Waals surface area contributed by atoms with Gasteiger partial charge >= 0.3 is 0 Å². The normalized spacial score (nSPS) is 10.6. The molecule has 4 nitrogen and oxygen atoms in total. The van der Waals surface area contributed by atoms with Crippen LogP contribution < -0.4 is 10.6 Å². The van der Waals surface area contributed by atoms with Gasteiger partial charge in [0.25, 0.3) is 0 Å². The quantitative estimate of drug-likeness (QED) is 0.583. The molecule has 0 fully saturated rings. The monoisotopic (exact) mass is 376 g/mol. The topological polar surface area (TPSA) is 49.8 Å². The van der Waals surface area contributed by atoms with Gasteiger partial charge in [-0.05, 0) is 49.2 Å². The number of aromatic nitrogens is 2. The van der Waals surface area contributed by atoms with Gasteiger partial charge in [0, 0.05) is 21.4 Å². The van der Waals surface area contributed by atoms with E-state index in [-0.39, 0.29) is 11.8 Å². The van der Waals surface area contributed by atoms with Crippen LogP contribution in [0.15, 0.2) is 42.6 Å². The van der Waals surface area contributed by atoms with Gasteiger partial charge < -0.3 is 10.6 Å². The molecule has 7 heteroatoms. The van der Waals surface area contributed by atoms with Crippen molar-refractivity contribution in [1.29, 1.82) is 0 Å². The fourth-order valence-corrected chi connectivity index (χ4v) is 2.48. The molecule has 0 aliphatic rings. The minimum absolute atomic E-state index is 0.0515. The van der Waals surface area contributed by atoms with Gasteiger partial charge in [-0.3, -0.25) is 0 Å². The van der Waals surface area contributed by atoms with Crippen LogP contribution in [0.5, 0.6) is 0 Å². The van der Waals surface area contributed by atoms with Crippen molar-refractivity contribution in [3.05, 3.63) is 69.6 Å². The Morgan fingerprint density at radius 3 is 2.00 bits per heavy atom. The molecule has 0 amide bonds. The maximum atomic E-state index is 14.0. The molecule has 1 aromatic heterocycles. The third-order valence-electron chi connectivity index (χ3n) is 3.61. The van der Waals surface area contributed by atoms with E-state index in [1.54, 1.807) is 18.2 Å². The van der Waals surface area contributed by atoms with Crippen LogP contribution in [0.2, 0.25) is 10.0 Å². The molecule has 0 aliphatic heterocycles. The van der Waals surface area contributed by atoms with E-state index in [0.717, 1.165) is 17.3 Å². The second-order valence-electron chi connectivity index (χ2n) is 5.57. The predicted octanol–water partition coefficient (Wildman–Crippen LogP) is 6.03. The lowest BCUT2D eigenvalue weighted by Gasteiger charge is -2.11. The lowest BCUT2D eigenvalue weighted by atomic mass is 10.2. The number of aryl methyl sites for hydroxylation is 2. The summed E-state index contributed by atoms with van der Waals surface area (Å²) in [6, 6.07) is 10.8. The highest BCUT2D eigenvalue weighted by atomic mass is 35.5. The molecular formula is C18H15Cl2FN4. The van der Waals surface area contributed by atoms with Crippen molar-refractivity contribution >= 4 is 46.3 Å². The second-order valence-corrected chi connectivity index (χ2v) is 6.38. The Kier molecular flexibility index (Phi) is 5.06. The van der Waals surface area contributed by atoms with Crippen LogP contribution in [0.4, 0.5) is 27.5 Å². The molecule has 0 unspecified atom stereocenters. The lowest BCUT2D eigenvalue weighted by molar-refractivity contribution is 0.619. The third kappa shape index (κ3) is 4.18. The summed E-state index contributed by atoms with van der Waals surface area (Å²) in [6.45, 7) is 3.81. The largest absolute Gasteiger partial charge is 0.338 e. The van der Waals surface area contributed by atoms with Crippen molar-refractivity contribution in [2.24, 2.45) is 0 Å². The van der Waals surface area contributed by atoms with E-state index in [4.69, 9.17) is 23.2 Å². The molecule has 25 heavy (non-hydrogen) atoms. The van der Waals surface area contributed by atoms with Gasteiger partial charge in [0.15, 0.2) is 11.6 Å². The smallest absolute Gasteiger partial charge is 0.229 e. The molecule has 0 saturated heterocycles. The van der Waals surface area contributed by atoms with E-state index >= 15 is 0 Å². The first-order valence-corrected chi connectivity index (χ1v) is 8.27. The first kappa shape index (κ1) is 17.5. The number of anilines is 4. The summed E-state index contributed by atoms with van der Waals surface area (Å²) in [4.78, 5) is 8.13. The highest BCUT2D eigenvalue weighted by molar-refractivity contribution is 6.31. The number of nitrogens with one attached hydrogen (secondary N) is 2. The zero-order chi connectivity index (χ0) is 18.0. The molecule has 3 rings (SSSR count). The van der Waals surface area contributed by atoms with Crippen LogP contribution in [0.25, 0.3) is 0 Å². The molecule has 0 radical (unpaired) electrons. The highest BCUT2D eigenvalue weighted by Crippen LogP contribution is 2.25.